The van der Waals surface area contributed by atoms with E-state index in [-0.39, 0.29) is 11.5 Å². The summed E-state index contributed by atoms with van der Waals surface area (Å²) in [6.07, 6.45) is 2.55. The summed E-state index contributed by atoms with van der Waals surface area (Å²) in [5, 5.41) is 12.0. The Morgan fingerprint density at radius 1 is 1.22 bits per heavy atom. The normalized spacial score (nSPS) is 18.5. The number of benzene rings is 1. The minimum Gasteiger partial charge on any atom is -0.461 e. The number of hydrogen-bond acceptors (Lipinski definition) is 4. The van der Waals surface area contributed by atoms with E-state index in [4.69, 9.17) is 4.42 Å². The fourth-order valence-electron chi connectivity index (χ4n) is 2.81. The van der Waals surface area contributed by atoms with Crippen LogP contribution in [0.1, 0.15) is 41.1 Å². The molecule has 0 aliphatic heterocycles. The zero-order valence-corrected chi connectivity index (χ0v) is 15.5. The van der Waals surface area contributed by atoms with Crippen molar-refractivity contribution in [1.29, 1.82) is 5.26 Å². The van der Waals surface area contributed by atoms with Crippen LogP contribution in [0.5, 0.6) is 0 Å². The maximum atomic E-state index is 12.4. The average molecular weight is 363 g/mol. The van der Waals surface area contributed by atoms with Crippen LogP contribution in [0.15, 0.2) is 46.4 Å². The second-order valence-corrected chi connectivity index (χ2v) is 6.96. The van der Waals surface area contributed by atoms with Gasteiger partial charge in [-0.25, -0.2) is 0 Å². The van der Waals surface area contributed by atoms with Crippen LogP contribution >= 0.6 is 0 Å². The first kappa shape index (κ1) is 18.5. The molecule has 2 aromatic rings. The molecule has 1 aliphatic rings. The molecule has 1 aromatic heterocycles. The molecule has 0 bridgehead atoms. The molecule has 0 radical (unpaired) electrons. The van der Waals surface area contributed by atoms with Gasteiger partial charge < -0.3 is 14.6 Å². The SMILES string of the molecule is C[C@@H]1C[C@H]1c1ccc(/C=C(\C#N)C(=O)Nc2ccc(C(=O)N(C)C)cc2)o1. The van der Waals surface area contributed by atoms with Crippen LogP contribution in [0.4, 0.5) is 5.69 Å². The first-order valence-electron chi connectivity index (χ1n) is 8.73. The quantitative estimate of drug-likeness (QED) is 0.649. The standard InChI is InChI=1S/C21H21N3O3/c1-13-10-18(13)19-9-8-17(27-19)11-15(12-22)20(25)23-16-6-4-14(5-7-16)21(26)24(2)3/h4-9,11,13,18H,10H2,1-3H3,(H,23,25)/b15-11+/t13-,18-/m1/s1. The first-order chi connectivity index (χ1) is 12.9. The molecule has 1 fully saturated rings. The third-order valence-electron chi connectivity index (χ3n) is 4.57. The summed E-state index contributed by atoms with van der Waals surface area (Å²) in [6, 6.07) is 12.1. The number of carbonyl (C=O) groups is 2. The zero-order chi connectivity index (χ0) is 19.6. The van der Waals surface area contributed by atoms with Crippen molar-refractivity contribution in [3.63, 3.8) is 0 Å². The molecule has 2 amide bonds. The van der Waals surface area contributed by atoms with Gasteiger partial charge in [0.2, 0.25) is 0 Å². The number of anilines is 1. The molecule has 1 N–H and O–H groups in total. The second-order valence-electron chi connectivity index (χ2n) is 6.96. The Hall–Kier alpha value is -3.33. The van der Waals surface area contributed by atoms with E-state index in [9.17, 15) is 14.9 Å². The van der Waals surface area contributed by atoms with Crippen molar-refractivity contribution in [2.24, 2.45) is 5.92 Å². The van der Waals surface area contributed by atoms with Gasteiger partial charge in [-0.3, -0.25) is 9.59 Å². The molecule has 2 atom stereocenters. The van der Waals surface area contributed by atoms with Crippen molar-refractivity contribution in [2.45, 2.75) is 19.3 Å². The summed E-state index contributed by atoms with van der Waals surface area (Å²) in [5.74, 6) is 1.80. The predicted octanol–water partition coefficient (Wildman–Crippen LogP) is 3.65. The van der Waals surface area contributed by atoms with Gasteiger partial charge in [0.25, 0.3) is 11.8 Å². The van der Waals surface area contributed by atoms with Crippen molar-refractivity contribution in [3.05, 3.63) is 59.1 Å². The van der Waals surface area contributed by atoms with Crippen molar-refractivity contribution >= 4 is 23.6 Å². The molecular weight excluding hydrogens is 342 g/mol. The molecule has 0 unspecified atom stereocenters. The van der Waals surface area contributed by atoms with Crippen LogP contribution in [-0.2, 0) is 4.79 Å². The number of carbonyl (C=O) groups excluding carboxylic acids is 2. The predicted molar refractivity (Wildman–Crippen MR) is 102 cm³/mol. The van der Waals surface area contributed by atoms with Gasteiger partial charge in [-0.15, -0.1) is 0 Å². The number of nitrogens with one attached hydrogen (secondary N) is 1. The molecule has 6 heteroatoms. The minimum absolute atomic E-state index is 0.0480. The van der Waals surface area contributed by atoms with Gasteiger partial charge in [0, 0.05) is 37.3 Å². The molecule has 138 valence electrons. The van der Waals surface area contributed by atoms with Gasteiger partial charge >= 0.3 is 0 Å². The molecule has 27 heavy (non-hydrogen) atoms. The van der Waals surface area contributed by atoms with Crippen molar-refractivity contribution < 1.29 is 14.0 Å². The Morgan fingerprint density at radius 2 is 1.89 bits per heavy atom. The molecule has 1 aliphatic carbocycles. The number of rotatable bonds is 5. The monoisotopic (exact) mass is 363 g/mol. The number of nitriles is 1. The zero-order valence-electron chi connectivity index (χ0n) is 15.5. The summed E-state index contributed by atoms with van der Waals surface area (Å²) < 4.78 is 5.73. The van der Waals surface area contributed by atoms with E-state index in [0.717, 1.165) is 12.2 Å². The Kier molecular flexibility index (Phi) is 5.13. The lowest BCUT2D eigenvalue weighted by Gasteiger charge is -2.10. The average Bonchev–Trinajstić information content (AvgIpc) is 3.20. The van der Waals surface area contributed by atoms with Gasteiger partial charge in [0.1, 0.15) is 23.2 Å². The molecular formula is C21H21N3O3. The van der Waals surface area contributed by atoms with Gasteiger partial charge in [0.15, 0.2) is 0 Å². The third-order valence-corrected chi connectivity index (χ3v) is 4.57. The molecule has 1 saturated carbocycles. The molecule has 1 aromatic carbocycles. The van der Waals surface area contributed by atoms with Gasteiger partial charge in [0.05, 0.1) is 0 Å². The summed E-state index contributed by atoms with van der Waals surface area (Å²) in [4.78, 5) is 25.7. The maximum Gasteiger partial charge on any atom is 0.266 e. The van der Waals surface area contributed by atoms with E-state index in [0.29, 0.717) is 28.8 Å². The maximum absolute atomic E-state index is 12.4. The smallest absolute Gasteiger partial charge is 0.266 e. The fourth-order valence-corrected chi connectivity index (χ4v) is 2.81. The Bertz CT molecular complexity index is 932. The number of hydrogen-bond donors (Lipinski definition) is 1. The second kappa shape index (κ2) is 7.50. The highest BCUT2D eigenvalue weighted by Gasteiger charge is 2.36. The number of amides is 2. The van der Waals surface area contributed by atoms with Gasteiger partial charge in [-0.2, -0.15) is 5.26 Å². The van der Waals surface area contributed by atoms with Crippen molar-refractivity contribution in [3.8, 4) is 6.07 Å². The van der Waals surface area contributed by atoms with Crippen LogP contribution in [0.3, 0.4) is 0 Å². The van der Waals surface area contributed by atoms with E-state index in [1.165, 1.54) is 11.0 Å². The fraction of sp³-hybridized carbons (Fsp3) is 0.286. The molecule has 1 heterocycles. The number of nitrogens with zero attached hydrogens (tertiary/aromatic N) is 2. The highest BCUT2D eigenvalue weighted by molar-refractivity contribution is 6.09. The van der Waals surface area contributed by atoms with Crippen molar-refractivity contribution in [1.82, 2.24) is 4.90 Å². The first-order valence-corrected chi connectivity index (χ1v) is 8.73. The Balaban J connectivity index is 1.69. The minimum atomic E-state index is -0.526. The third kappa shape index (κ3) is 4.26. The van der Waals surface area contributed by atoms with E-state index in [1.807, 2.05) is 12.1 Å². The summed E-state index contributed by atoms with van der Waals surface area (Å²) in [5.41, 5.74) is 0.975. The highest BCUT2D eigenvalue weighted by Crippen LogP contribution is 2.47. The van der Waals surface area contributed by atoms with E-state index in [1.54, 1.807) is 44.4 Å². The molecule has 0 spiro atoms. The lowest BCUT2D eigenvalue weighted by Crippen LogP contribution is -2.21. The van der Waals surface area contributed by atoms with Gasteiger partial charge in [-0.05, 0) is 48.7 Å². The van der Waals surface area contributed by atoms with Crippen LogP contribution in [0.2, 0.25) is 0 Å². The molecule has 6 nitrogen and oxygen atoms in total. The molecule has 3 rings (SSSR count). The van der Waals surface area contributed by atoms with Crippen LogP contribution in [0.25, 0.3) is 6.08 Å². The summed E-state index contributed by atoms with van der Waals surface area (Å²) in [6.45, 7) is 2.16. The lowest BCUT2D eigenvalue weighted by atomic mass is 10.1. The van der Waals surface area contributed by atoms with Crippen LogP contribution in [-0.4, -0.2) is 30.8 Å². The van der Waals surface area contributed by atoms with Gasteiger partial charge in [-0.1, -0.05) is 6.92 Å². The summed E-state index contributed by atoms with van der Waals surface area (Å²) >= 11 is 0. The van der Waals surface area contributed by atoms with Crippen LogP contribution in [0, 0.1) is 17.2 Å². The van der Waals surface area contributed by atoms with E-state index in [2.05, 4.69) is 12.2 Å². The summed E-state index contributed by atoms with van der Waals surface area (Å²) in [7, 11) is 3.35. The van der Waals surface area contributed by atoms with Crippen molar-refractivity contribution in [2.75, 3.05) is 19.4 Å². The number of furan rings is 1. The van der Waals surface area contributed by atoms with Crippen LogP contribution < -0.4 is 5.32 Å². The molecule has 0 saturated heterocycles. The van der Waals surface area contributed by atoms with E-state index >= 15 is 0 Å². The largest absolute Gasteiger partial charge is 0.461 e. The Labute approximate surface area is 158 Å². The topological polar surface area (TPSA) is 86.3 Å². The Morgan fingerprint density at radius 3 is 2.44 bits per heavy atom. The lowest BCUT2D eigenvalue weighted by molar-refractivity contribution is -0.112. The van der Waals surface area contributed by atoms with E-state index < -0.39 is 5.91 Å². The highest BCUT2D eigenvalue weighted by atomic mass is 16.3.